The largest absolute Gasteiger partial charge is 0.493 e. The van der Waals surface area contributed by atoms with Crippen LogP contribution in [0, 0.1) is 0 Å². The van der Waals surface area contributed by atoms with Gasteiger partial charge in [-0.15, -0.1) is 0 Å². The summed E-state index contributed by atoms with van der Waals surface area (Å²) in [6, 6.07) is 9.15. The average Bonchev–Trinajstić information content (AvgIpc) is 2.89. The Kier molecular flexibility index (Phi) is 7.86. The van der Waals surface area contributed by atoms with Gasteiger partial charge in [-0.05, 0) is 18.2 Å². The van der Waals surface area contributed by atoms with Crippen LogP contribution in [0.15, 0.2) is 66.4 Å². The van der Waals surface area contributed by atoms with Crippen molar-refractivity contribution in [3.8, 4) is 11.5 Å². The Labute approximate surface area is 208 Å². The lowest BCUT2D eigenvalue weighted by Gasteiger charge is -2.23. The maximum atomic E-state index is 12.9. The normalized spacial score (nSPS) is 13.3. The number of aromatic nitrogens is 3. The van der Waals surface area contributed by atoms with Gasteiger partial charge in [-0.3, -0.25) is 14.6 Å². The predicted octanol–water partition coefficient (Wildman–Crippen LogP) is 2.56. The average molecular weight is 490 g/mol. The number of anilines is 1. The summed E-state index contributed by atoms with van der Waals surface area (Å²) in [6.45, 7) is 1.32. The molecule has 1 aliphatic rings. The van der Waals surface area contributed by atoms with Crippen molar-refractivity contribution in [1.29, 1.82) is 0 Å². The molecule has 10 nitrogen and oxygen atoms in total. The van der Waals surface area contributed by atoms with Crippen LogP contribution >= 0.6 is 0 Å². The topological polar surface area (TPSA) is 116 Å². The first-order valence-corrected chi connectivity index (χ1v) is 11.3. The highest BCUT2D eigenvalue weighted by atomic mass is 16.5. The highest BCUT2D eigenvalue weighted by Gasteiger charge is 2.24. The molecule has 36 heavy (non-hydrogen) atoms. The van der Waals surface area contributed by atoms with E-state index in [0.29, 0.717) is 60.1 Å². The van der Waals surface area contributed by atoms with Crippen LogP contribution < -0.4 is 14.8 Å². The van der Waals surface area contributed by atoms with E-state index in [-0.39, 0.29) is 17.3 Å². The third-order valence-corrected chi connectivity index (χ3v) is 5.62. The van der Waals surface area contributed by atoms with Crippen LogP contribution in [0.5, 0.6) is 11.5 Å². The molecule has 0 saturated carbocycles. The summed E-state index contributed by atoms with van der Waals surface area (Å²) in [5, 5.41) is 3.60. The number of nitrogens with one attached hydrogen (secondary N) is 1. The molecule has 2 aromatic heterocycles. The van der Waals surface area contributed by atoms with Crippen molar-refractivity contribution in [2.24, 2.45) is 0 Å². The fourth-order valence-electron chi connectivity index (χ4n) is 3.69. The zero-order valence-electron chi connectivity index (χ0n) is 20.4. The number of ketones is 2. The van der Waals surface area contributed by atoms with Crippen LogP contribution in [0.1, 0.15) is 5.69 Å². The minimum Gasteiger partial charge on any atom is -0.493 e. The van der Waals surface area contributed by atoms with Gasteiger partial charge in [0.1, 0.15) is 18.8 Å². The lowest BCUT2D eigenvalue weighted by molar-refractivity contribution is -0.116. The Hall–Kier alpha value is -4.31. The highest BCUT2D eigenvalue weighted by molar-refractivity contribution is 6.21. The molecule has 1 aliphatic carbocycles. The van der Waals surface area contributed by atoms with E-state index in [4.69, 9.17) is 14.2 Å². The van der Waals surface area contributed by atoms with E-state index in [1.807, 2.05) is 18.2 Å². The fraction of sp³-hybridized carbons (Fsp3) is 0.269. The molecule has 10 heteroatoms. The van der Waals surface area contributed by atoms with Crippen LogP contribution in [0.2, 0.25) is 0 Å². The Morgan fingerprint density at radius 3 is 2.58 bits per heavy atom. The molecule has 0 atom stereocenters. The first-order chi connectivity index (χ1) is 17.5. The number of hydrogen-bond donors (Lipinski definition) is 1. The summed E-state index contributed by atoms with van der Waals surface area (Å²) >= 11 is 0. The molecule has 0 radical (unpaired) electrons. The van der Waals surface area contributed by atoms with Gasteiger partial charge in [0.2, 0.25) is 11.6 Å². The Morgan fingerprint density at radius 2 is 1.83 bits per heavy atom. The number of allylic oxidation sites excluding steroid dienone is 2. The zero-order chi connectivity index (χ0) is 25.5. The molecule has 2 heterocycles. The van der Waals surface area contributed by atoms with Crippen molar-refractivity contribution in [2.45, 2.75) is 6.42 Å². The number of methoxy groups -OCH3 is 2. The van der Waals surface area contributed by atoms with E-state index >= 15 is 0 Å². The zero-order valence-corrected chi connectivity index (χ0v) is 20.4. The Bertz CT molecular complexity index is 1320. The SMILES string of the molecule is COCCOc1cc2ncnc(NC3=CC(=O)C(N(C)CCc4ccccn4)=CC3=O)c2cc1OC. The number of hydrogen-bond acceptors (Lipinski definition) is 10. The number of likely N-dealkylation sites (N-methyl/N-ethyl adjacent to an activating group) is 1. The van der Waals surface area contributed by atoms with Gasteiger partial charge in [-0.25, -0.2) is 9.97 Å². The number of carbonyl (C=O) groups is 2. The van der Waals surface area contributed by atoms with Crippen LogP contribution in [0.3, 0.4) is 0 Å². The third kappa shape index (κ3) is 5.66. The summed E-state index contributed by atoms with van der Waals surface area (Å²) in [5.74, 6) is 0.761. The highest BCUT2D eigenvalue weighted by Crippen LogP contribution is 2.34. The molecule has 186 valence electrons. The van der Waals surface area contributed by atoms with Crippen molar-refractivity contribution < 1.29 is 23.8 Å². The summed E-state index contributed by atoms with van der Waals surface area (Å²) < 4.78 is 16.2. The van der Waals surface area contributed by atoms with Crippen molar-refractivity contribution in [2.75, 3.05) is 46.3 Å². The van der Waals surface area contributed by atoms with E-state index < -0.39 is 0 Å². The van der Waals surface area contributed by atoms with Gasteiger partial charge in [0, 0.05) is 62.6 Å². The lowest BCUT2D eigenvalue weighted by Crippen LogP contribution is -2.30. The molecule has 0 saturated heterocycles. The van der Waals surface area contributed by atoms with E-state index in [0.717, 1.165) is 5.69 Å². The molecule has 1 N–H and O–H groups in total. The minimum absolute atomic E-state index is 0.126. The van der Waals surface area contributed by atoms with Crippen molar-refractivity contribution in [3.05, 3.63) is 72.1 Å². The second kappa shape index (κ2) is 11.4. The van der Waals surface area contributed by atoms with Crippen molar-refractivity contribution in [3.63, 3.8) is 0 Å². The van der Waals surface area contributed by atoms with Crippen molar-refractivity contribution in [1.82, 2.24) is 19.9 Å². The van der Waals surface area contributed by atoms with E-state index in [9.17, 15) is 9.59 Å². The molecular weight excluding hydrogens is 462 g/mol. The van der Waals surface area contributed by atoms with Gasteiger partial charge >= 0.3 is 0 Å². The smallest absolute Gasteiger partial charge is 0.204 e. The summed E-state index contributed by atoms with van der Waals surface area (Å²) in [6.07, 6.45) is 6.39. The van der Waals surface area contributed by atoms with Crippen LogP contribution in [-0.2, 0) is 20.7 Å². The number of fused-ring (bicyclic) bond motifs is 1. The maximum Gasteiger partial charge on any atom is 0.204 e. The summed E-state index contributed by atoms with van der Waals surface area (Å²) in [7, 11) is 4.91. The molecular formula is C26H27N5O5. The number of benzene rings is 1. The fourth-order valence-corrected chi connectivity index (χ4v) is 3.69. The summed E-state index contributed by atoms with van der Waals surface area (Å²) in [4.78, 5) is 40.4. The van der Waals surface area contributed by atoms with E-state index in [1.165, 1.54) is 25.6 Å². The Morgan fingerprint density at radius 1 is 0.972 bits per heavy atom. The molecule has 3 aromatic rings. The van der Waals surface area contributed by atoms with Gasteiger partial charge in [0.15, 0.2) is 11.5 Å². The predicted molar refractivity (Wildman–Crippen MR) is 134 cm³/mol. The molecule has 0 bridgehead atoms. The summed E-state index contributed by atoms with van der Waals surface area (Å²) in [5.41, 5.74) is 1.95. The molecule has 1 aromatic carbocycles. The van der Waals surface area contributed by atoms with Crippen molar-refractivity contribution >= 4 is 28.3 Å². The quantitative estimate of drug-likeness (QED) is 0.318. The van der Waals surface area contributed by atoms with E-state index in [1.54, 1.807) is 37.4 Å². The second-order valence-corrected chi connectivity index (χ2v) is 8.02. The van der Waals surface area contributed by atoms with Crippen LogP contribution in [0.4, 0.5) is 5.82 Å². The number of nitrogens with zero attached hydrogens (tertiary/aromatic N) is 4. The van der Waals surface area contributed by atoms with Gasteiger partial charge < -0.3 is 24.4 Å². The number of ether oxygens (including phenoxy) is 3. The number of rotatable bonds is 11. The lowest BCUT2D eigenvalue weighted by atomic mass is 10.0. The van der Waals surface area contributed by atoms with Gasteiger partial charge in [-0.1, -0.05) is 6.07 Å². The molecule has 0 spiro atoms. The van der Waals surface area contributed by atoms with Crippen LogP contribution in [-0.4, -0.2) is 72.4 Å². The first kappa shape index (κ1) is 24.8. The molecule has 0 unspecified atom stereocenters. The molecule has 0 aliphatic heterocycles. The monoisotopic (exact) mass is 489 g/mol. The number of pyridine rings is 1. The minimum atomic E-state index is -0.326. The van der Waals surface area contributed by atoms with E-state index in [2.05, 4.69) is 20.3 Å². The van der Waals surface area contributed by atoms with Crippen LogP contribution in [0.25, 0.3) is 10.9 Å². The molecule has 0 fully saturated rings. The van der Waals surface area contributed by atoms with Gasteiger partial charge in [0.05, 0.1) is 30.6 Å². The number of carbonyl (C=O) groups excluding carboxylic acids is 2. The Balaban J connectivity index is 1.51. The van der Waals surface area contributed by atoms with Gasteiger partial charge in [0.25, 0.3) is 0 Å². The molecule has 4 rings (SSSR count). The maximum absolute atomic E-state index is 12.9. The van der Waals surface area contributed by atoms with Gasteiger partial charge in [-0.2, -0.15) is 0 Å². The third-order valence-electron chi connectivity index (χ3n) is 5.62. The molecule has 0 amide bonds. The first-order valence-electron chi connectivity index (χ1n) is 11.3. The second-order valence-electron chi connectivity index (χ2n) is 8.02. The standard InChI is InChI=1S/C26H27N5O5/c1-31(9-7-17-6-4-5-8-27-17)21-15-22(32)20(13-23(21)33)30-26-18-12-24(35-3)25(36-11-10-34-2)14-19(18)28-16-29-26/h4-6,8,12-16H,7,9-11H2,1-3H3,(H,28,29,30).